The van der Waals surface area contributed by atoms with Gasteiger partial charge in [0.15, 0.2) is 0 Å². The Kier molecular flexibility index (Phi) is 4.77. The predicted molar refractivity (Wildman–Crippen MR) is 74.2 cm³/mol. The van der Waals surface area contributed by atoms with Crippen molar-refractivity contribution in [2.75, 3.05) is 11.9 Å². The topological polar surface area (TPSA) is 37.8 Å². The van der Waals surface area contributed by atoms with Crippen LogP contribution in [0.1, 0.15) is 44.9 Å². The van der Waals surface area contributed by atoms with Crippen LogP contribution in [0.5, 0.6) is 0 Å². The molecule has 2 rings (SSSR count). The van der Waals surface area contributed by atoms with Crippen LogP contribution < -0.4 is 5.32 Å². The molecule has 1 saturated carbocycles. The number of aryl methyl sites for hydroxylation is 1. The number of nitrogens with zero attached hydrogens (tertiary/aromatic N) is 2. The van der Waals surface area contributed by atoms with Crippen molar-refractivity contribution in [3.05, 3.63) is 16.5 Å². The molecule has 1 heterocycles. The molecule has 17 heavy (non-hydrogen) atoms. The SMILES string of the molecule is CCCc1nc(Br)cc(NCCCC2CC2)n1. The van der Waals surface area contributed by atoms with E-state index in [0.29, 0.717) is 0 Å². The number of anilines is 1. The van der Waals surface area contributed by atoms with Crippen LogP contribution in [0.15, 0.2) is 10.7 Å². The Morgan fingerprint density at radius 1 is 1.41 bits per heavy atom. The average molecular weight is 298 g/mol. The molecule has 0 aromatic carbocycles. The van der Waals surface area contributed by atoms with Crippen molar-refractivity contribution in [3.63, 3.8) is 0 Å². The molecule has 0 unspecified atom stereocenters. The molecule has 4 heteroatoms. The molecule has 0 aliphatic heterocycles. The predicted octanol–water partition coefficient (Wildman–Crippen LogP) is 3.79. The highest BCUT2D eigenvalue weighted by Crippen LogP contribution is 2.33. The Morgan fingerprint density at radius 2 is 2.24 bits per heavy atom. The normalized spacial score (nSPS) is 14.9. The summed E-state index contributed by atoms with van der Waals surface area (Å²) in [4.78, 5) is 8.86. The summed E-state index contributed by atoms with van der Waals surface area (Å²) in [7, 11) is 0. The Balaban J connectivity index is 1.80. The maximum Gasteiger partial charge on any atom is 0.132 e. The molecule has 1 aromatic heterocycles. The molecule has 3 nitrogen and oxygen atoms in total. The molecular weight excluding hydrogens is 278 g/mol. The van der Waals surface area contributed by atoms with E-state index in [1.807, 2.05) is 6.07 Å². The molecule has 1 aliphatic rings. The lowest BCUT2D eigenvalue weighted by atomic mass is 10.2. The molecule has 1 fully saturated rings. The van der Waals surface area contributed by atoms with Crippen LogP contribution in [-0.4, -0.2) is 16.5 Å². The highest BCUT2D eigenvalue weighted by Gasteiger charge is 2.19. The molecule has 0 spiro atoms. The molecule has 1 aromatic rings. The van der Waals surface area contributed by atoms with E-state index in [4.69, 9.17) is 0 Å². The zero-order chi connectivity index (χ0) is 12.1. The van der Waals surface area contributed by atoms with E-state index in [1.54, 1.807) is 0 Å². The second-order valence-corrected chi connectivity index (χ2v) is 5.57. The van der Waals surface area contributed by atoms with Gasteiger partial charge in [0.25, 0.3) is 0 Å². The minimum atomic E-state index is 0.876. The quantitative estimate of drug-likeness (QED) is 0.614. The highest BCUT2D eigenvalue weighted by molar-refractivity contribution is 9.10. The lowest BCUT2D eigenvalue weighted by Gasteiger charge is -2.07. The summed E-state index contributed by atoms with van der Waals surface area (Å²) in [6, 6.07) is 1.95. The van der Waals surface area contributed by atoms with Crippen molar-refractivity contribution in [2.24, 2.45) is 5.92 Å². The van der Waals surface area contributed by atoms with Crippen LogP contribution >= 0.6 is 15.9 Å². The Bertz CT molecular complexity index is 364. The Morgan fingerprint density at radius 3 is 2.94 bits per heavy atom. The van der Waals surface area contributed by atoms with Crippen LogP contribution in [0.4, 0.5) is 5.82 Å². The highest BCUT2D eigenvalue weighted by atomic mass is 79.9. The zero-order valence-corrected chi connectivity index (χ0v) is 12.0. The van der Waals surface area contributed by atoms with Gasteiger partial charge in [-0.25, -0.2) is 9.97 Å². The first kappa shape index (κ1) is 12.8. The van der Waals surface area contributed by atoms with Crippen molar-refractivity contribution >= 4 is 21.7 Å². The maximum atomic E-state index is 4.50. The zero-order valence-electron chi connectivity index (χ0n) is 10.4. The number of hydrogen-bond acceptors (Lipinski definition) is 3. The molecule has 0 bridgehead atoms. The van der Waals surface area contributed by atoms with Crippen LogP contribution in [0, 0.1) is 5.92 Å². The van der Waals surface area contributed by atoms with E-state index in [1.165, 1.54) is 25.7 Å². The van der Waals surface area contributed by atoms with E-state index < -0.39 is 0 Å². The number of nitrogens with one attached hydrogen (secondary N) is 1. The van der Waals surface area contributed by atoms with Crippen molar-refractivity contribution < 1.29 is 0 Å². The molecule has 0 amide bonds. The van der Waals surface area contributed by atoms with Gasteiger partial charge in [-0.3, -0.25) is 0 Å². The minimum Gasteiger partial charge on any atom is -0.370 e. The summed E-state index contributed by atoms with van der Waals surface area (Å²) in [6.07, 6.45) is 7.52. The summed E-state index contributed by atoms with van der Waals surface area (Å²) in [5.74, 6) is 2.89. The van der Waals surface area contributed by atoms with E-state index in [2.05, 4.69) is 38.1 Å². The largest absolute Gasteiger partial charge is 0.370 e. The third kappa shape index (κ3) is 4.62. The summed E-state index contributed by atoms with van der Waals surface area (Å²) in [5, 5.41) is 3.39. The standard InChI is InChI=1S/C13H20BrN3/c1-2-4-12-16-11(14)9-13(17-12)15-8-3-5-10-6-7-10/h9-10H,2-8H2,1H3,(H,15,16,17). The third-order valence-corrected chi connectivity index (χ3v) is 3.41. The second kappa shape index (κ2) is 6.34. The molecule has 94 valence electrons. The Labute approximate surface area is 112 Å². The number of halogens is 1. The molecule has 1 aliphatic carbocycles. The van der Waals surface area contributed by atoms with Gasteiger partial charge in [0, 0.05) is 19.0 Å². The lowest BCUT2D eigenvalue weighted by Crippen LogP contribution is -2.06. The second-order valence-electron chi connectivity index (χ2n) is 4.75. The number of rotatable bonds is 7. The molecule has 1 N–H and O–H groups in total. The van der Waals surface area contributed by atoms with E-state index in [9.17, 15) is 0 Å². The Hall–Kier alpha value is -0.640. The van der Waals surface area contributed by atoms with Crippen molar-refractivity contribution in [3.8, 4) is 0 Å². The van der Waals surface area contributed by atoms with Gasteiger partial charge in [-0.2, -0.15) is 0 Å². The molecule has 0 atom stereocenters. The van der Waals surface area contributed by atoms with Crippen LogP contribution in [0.25, 0.3) is 0 Å². The summed E-state index contributed by atoms with van der Waals surface area (Å²) < 4.78 is 0.876. The third-order valence-electron chi connectivity index (χ3n) is 3.01. The first-order valence-electron chi connectivity index (χ1n) is 6.55. The molecular formula is C13H20BrN3. The average Bonchev–Trinajstić information content (AvgIpc) is 3.08. The first-order chi connectivity index (χ1) is 8.28. The van der Waals surface area contributed by atoms with Crippen molar-refractivity contribution in [1.29, 1.82) is 0 Å². The maximum absolute atomic E-state index is 4.50. The van der Waals surface area contributed by atoms with Gasteiger partial charge in [0.2, 0.25) is 0 Å². The van der Waals surface area contributed by atoms with Crippen molar-refractivity contribution in [1.82, 2.24) is 9.97 Å². The van der Waals surface area contributed by atoms with Crippen LogP contribution in [0.2, 0.25) is 0 Å². The van der Waals surface area contributed by atoms with Gasteiger partial charge in [0.05, 0.1) is 0 Å². The van der Waals surface area contributed by atoms with Gasteiger partial charge in [0.1, 0.15) is 16.2 Å². The monoisotopic (exact) mass is 297 g/mol. The fourth-order valence-corrected chi connectivity index (χ4v) is 2.33. The van der Waals surface area contributed by atoms with E-state index in [0.717, 1.165) is 41.5 Å². The smallest absolute Gasteiger partial charge is 0.132 e. The molecule has 0 saturated heterocycles. The van der Waals surface area contributed by atoms with Crippen molar-refractivity contribution in [2.45, 2.75) is 45.4 Å². The van der Waals surface area contributed by atoms with Gasteiger partial charge in [-0.05, 0) is 41.1 Å². The van der Waals surface area contributed by atoms with Gasteiger partial charge in [-0.1, -0.05) is 19.8 Å². The number of hydrogen-bond donors (Lipinski definition) is 1. The van der Waals surface area contributed by atoms with E-state index in [-0.39, 0.29) is 0 Å². The minimum absolute atomic E-state index is 0.876. The number of aromatic nitrogens is 2. The van der Waals surface area contributed by atoms with Gasteiger partial charge in [-0.15, -0.1) is 0 Å². The lowest BCUT2D eigenvalue weighted by molar-refractivity contribution is 0.686. The summed E-state index contributed by atoms with van der Waals surface area (Å²) in [6.45, 7) is 3.17. The first-order valence-corrected chi connectivity index (χ1v) is 7.34. The van der Waals surface area contributed by atoms with Gasteiger partial charge < -0.3 is 5.32 Å². The molecule has 0 radical (unpaired) electrons. The summed E-state index contributed by atoms with van der Waals surface area (Å²) >= 11 is 3.43. The fourth-order valence-electron chi connectivity index (χ4n) is 1.90. The van der Waals surface area contributed by atoms with E-state index >= 15 is 0 Å². The van der Waals surface area contributed by atoms with Crippen LogP contribution in [-0.2, 0) is 6.42 Å². The van der Waals surface area contributed by atoms with Gasteiger partial charge >= 0.3 is 0 Å². The fraction of sp³-hybridized carbons (Fsp3) is 0.692. The van der Waals surface area contributed by atoms with Crippen LogP contribution in [0.3, 0.4) is 0 Å². The summed E-state index contributed by atoms with van der Waals surface area (Å²) in [5.41, 5.74) is 0.